The van der Waals surface area contributed by atoms with Crippen LogP contribution in [0.25, 0.3) is 0 Å². The number of nitriles is 1. The summed E-state index contributed by atoms with van der Waals surface area (Å²) in [6.07, 6.45) is 1.75. The highest BCUT2D eigenvalue weighted by molar-refractivity contribution is 6.09. The van der Waals surface area contributed by atoms with Gasteiger partial charge in [-0.05, 0) is 48.7 Å². The molecule has 0 radical (unpaired) electrons. The molecule has 7 heteroatoms. The molecule has 3 rings (SSSR count). The van der Waals surface area contributed by atoms with Gasteiger partial charge in [0, 0.05) is 6.54 Å². The van der Waals surface area contributed by atoms with Crippen molar-refractivity contribution in [3.05, 3.63) is 81.0 Å². The minimum absolute atomic E-state index is 0.0163. The van der Waals surface area contributed by atoms with Gasteiger partial charge in [-0.15, -0.1) is 0 Å². The minimum atomic E-state index is -0.637. The Hall–Kier alpha value is -3.79. The smallest absolute Gasteiger partial charge is 0.271 e. The largest absolute Gasteiger partial charge is 0.497 e. The van der Waals surface area contributed by atoms with Crippen molar-refractivity contribution in [3.63, 3.8) is 0 Å². The van der Waals surface area contributed by atoms with E-state index in [1.165, 1.54) is 19.3 Å². The number of aryl methyl sites for hydroxylation is 1. The second-order valence-electron chi connectivity index (χ2n) is 6.17. The number of methoxy groups -OCH3 is 1. The molecule has 0 saturated carbocycles. The molecule has 3 aromatic rings. The second-order valence-corrected chi connectivity index (χ2v) is 6.17. The SMILES string of the molecule is COc1ccc(CCn2c(O)c(C(=O)c3ccco3)c(C)c(C#N)c2=O)cc1. The van der Waals surface area contributed by atoms with E-state index in [0.29, 0.717) is 12.2 Å². The lowest BCUT2D eigenvalue weighted by Gasteiger charge is -2.15. The summed E-state index contributed by atoms with van der Waals surface area (Å²) in [6, 6.07) is 12.1. The van der Waals surface area contributed by atoms with E-state index in [0.717, 1.165) is 10.1 Å². The summed E-state index contributed by atoms with van der Waals surface area (Å²) in [5, 5.41) is 20.1. The average molecular weight is 378 g/mol. The molecule has 0 spiro atoms. The highest BCUT2D eigenvalue weighted by Crippen LogP contribution is 2.25. The Morgan fingerprint density at radius 3 is 2.57 bits per heavy atom. The lowest BCUT2D eigenvalue weighted by Crippen LogP contribution is -2.27. The van der Waals surface area contributed by atoms with Crippen LogP contribution in [0.5, 0.6) is 11.6 Å². The molecule has 2 aromatic heterocycles. The Balaban J connectivity index is 2.02. The van der Waals surface area contributed by atoms with Gasteiger partial charge in [-0.25, -0.2) is 0 Å². The predicted molar refractivity (Wildman–Crippen MR) is 101 cm³/mol. The summed E-state index contributed by atoms with van der Waals surface area (Å²) in [5.41, 5.74) is 0.113. The highest BCUT2D eigenvalue weighted by Gasteiger charge is 2.26. The van der Waals surface area contributed by atoms with E-state index in [4.69, 9.17) is 9.15 Å². The standard InChI is InChI=1S/C21H18N2O5/c1-13-16(12-22)20(25)23(10-9-14-5-7-15(27-2)8-6-14)21(26)18(13)19(24)17-4-3-11-28-17/h3-8,11,26H,9-10H2,1-2H3. The maximum absolute atomic E-state index is 12.7. The third-order valence-electron chi connectivity index (χ3n) is 4.56. The van der Waals surface area contributed by atoms with Crippen LogP contribution in [0.4, 0.5) is 0 Å². The molecule has 2 heterocycles. The number of carbonyl (C=O) groups excluding carboxylic acids is 1. The summed E-state index contributed by atoms with van der Waals surface area (Å²) in [6.45, 7) is 1.56. The number of rotatable bonds is 6. The van der Waals surface area contributed by atoms with Gasteiger partial charge in [0.05, 0.1) is 18.9 Å². The van der Waals surface area contributed by atoms with E-state index in [-0.39, 0.29) is 29.0 Å². The number of benzene rings is 1. The molecule has 0 amide bonds. The number of hydrogen-bond acceptors (Lipinski definition) is 6. The van der Waals surface area contributed by atoms with E-state index in [1.807, 2.05) is 18.2 Å². The Bertz CT molecular complexity index is 1100. The van der Waals surface area contributed by atoms with E-state index in [9.17, 15) is 20.0 Å². The van der Waals surface area contributed by atoms with Gasteiger partial charge < -0.3 is 14.3 Å². The molecular weight excluding hydrogens is 360 g/mol. The third kappa shape index (κ3) is 3.40. The van der Waals surface area contributed by atoms with Crippen molar-refractivity contribution in [2.45, 2.75) is 19.9 Å². The zero-order chi connectivity index (χ0) is 20.3. The van der Waals surface area contributed by atoms with Crippen molar-refractivity contribution in [2.24, 2.45) is 0 Å². The molecule has 28 heavy (non-hydrogen) atoms. The lowest BCUT2D eigenvalue weighted by molar-refractivity contribution is 0.100. The zero-order valence-electron chi connectivity index (χ0n) is 15.4. The molecule has 0 unspecified atom stereocenters. The van der Waals surface area contributed by atoms with Crippen LogP contribution in [0, 0.1) is 18.3 Å². The predicted octanol–water partition coefficient (Wildman–Crippen LogP) is 2.81. The van der Waals surface area contributed by atoms with Crippen LogP contribution >= 0.6 is 0 Å². The van der Waals surface area contributed by atoms with Gasteiger partial charge in [-0.1, -0.05) is 12.1 Å². The molecule has 0 atom stereocenters. The first-order valence-electron chi connectivity index (χ1n) is 8.55. The molecule has 7 nitrogen and oxygen atoms in total. The van der Waals surface area contributed by atoms with Crippen LogP contribution in [0.15, 0.2) is 51.9 Å². The third-order valence-corrected chi connectivity index (χ3v) is 4.56. The molecule has 1 aromatic carbocycles. The van der Waals surface area contributed by atoms with Gasteiger partial charge >= 0.3 is 0 Å². The fourth-order valence-corrected chi connectivity index (χ4v) is 2.99. The molecule has 1 N–H and O–H groups in total. The normalized spacial score (nSPS) is 10.5. The molecule has 0 aliphatic heterocycles. The molecule has 142 valence electrons. The quantitative estimate of drug-likeness (QED) is 0.661. The topological polar surface area (TPSA) is 105 Å². The van der Waals surface area contributed by atoms with E-state index < -0.39 is 17.2 Å². The summed E-state index contributed by atoms with van der Waals surface area (Å²) < 4.78 is 11.3. The number of carbonyl (C=O) groups is 1. The first kappa shape index (κ1) is 19.0. The Morgan fingerprint density at radius 1 is 1.29 bits per heavy atom. The lowest BCUT2D eigenvalue weighted by atomic mass is 10.00. The first-order valence-corrected chi connectivity index (χ1v) is 8.55. The number of nitrogens with zero attached hydrogens (tertiary/aromatic N) is 2. The summed E-state index contributed by atoms with van der Waals surface area (Å²) in [7, 11) is 1.57. The number of ether oxygens (including phenoxy) is 1. The maximum atomic E-state index is 12.7. The van der Waals surface area contributed by atoms with Crippen molar-refractivity contribution < 1.29 is 19.1 Å². The summed E-state index contributed by atoms with van der Waals surface area (Å²) >= 11 is 0. The number of aromatic nitrogens is 1. The molecule has 0 bridgehead atoms. The number of aromatic hydroxyl groups is 1. The van der Waals surface area contributed by atoms with E-state index in [1.54, 1.807) is 25.3 Å². The molecule has 0 aliphatic rings. The van der Waals surface area contributed by atoms with Gasteiger partial charge in [0.25, 0.3) is 5.56 Å². The maximum Gasteiger partial charge on any atom is 0.271 e. The van der Waals surface area contributed by atoms with Crippen molar-refractivity contribution in [3.8, 4) is 17.7 Å². The van der Waals surface area contributed by atoms with Gasteiger partial charge in [0.15, 0.2) is 5.76 Å². The van der Waals surface area contributed by atoms with Crippen LogP contribution in [0.3, 0.4) is 0 Å². The molecule has 0 aliphatic carbocycles. The Morgan fingerprint density at radius 2 is 2.00 bits per heavy atom. The van der Waals surface area contributed by atoms with Crippen LogP contribution in [0.2, 0.25) is 0 Å². The van der Waals surface area contributed by atoms with Gasteiger partial charge in [0.2, 0.25) is 11.7 Å². The van der Waals surface area contributed by atoms with Crippen molar-refractivity contribution in [2.75, 3.05) is 7.11 Å². The van der Waals surface area contributed by atoms with Crippen LogP contribution < -0.4 is 10.3 Å². The summed E-state index contributed by atoms with van der Waals surface area (Å²) in [4.78, 5) is 25.4. The number of ketones is 1. The minimum Gasteiger partial charge on any atom is -0.497 e. The first-order chi connectivity index (χ1) is 13.5. The van der Waals surface area contributed by atoms with Crippen molar-refractivity contribution >= 4 is 5.78 Å². The van der Waals surface area contributed by atoms with E-state index >= 15 is 0 Å². The molecule has 0 fully saturated rings. The monoisotopic (exact) mass is 378 g/mol. The second kappa shape index (κ2) is 7.84. The molecular formula is C21H18N2O5. The Kier molecular flexibility index (Phi) is 5.32. The van der Waals surface area contributed by atoms with Crippen LogP contribution in [0.1, 0.15) is 32.8 Å². The number of pyridine rings is 1. The van der Waals surface area contributed by atoms with Gasteiger partial charge in [-0.3, -0.25) is 14.2 Å². The fraction of sp³-hybridized carbons (Fsp3) is 0.190. The van der Waals surface area contributed by atoms with Gasteiger partial charge in [0.1, 0.15) is 17.4 Å². The fourth-order valence-electron chi connectivity index (χ4n) is 2.99. The highest BCUT2D eigenvalue weighted by atomic mass is 16.5. The number of furan rings is 1. The van der Waals surface area contributed by atoms with Crippen LogP contribution in [-0.2, 0) is 13.0 Å². The zero-order valence-corrected chi connectivity index (χ0v) is 15.4. The van der Waals surface area contributed by atoms with Crippen LogP contribution in [-0.4, -0.2) is 22.6 Å². The van der Waals surface area contributed by atoms with Crippen molar-refractivity contribution in [1.29, 1.82) is 5.26 Å². The van der Waals surface area contributed by atoms with Gasteiger partial charge in [-0.2, -0.15) is 5.26 Å². The summed E-state index contributed by atoms with van der Waals surface area (Å²) in [5.74, 6) is -0.342. The Labute approximate surface area is 161 Å². The molecule has 0 saturated heterocycles. The van der Waals surface area contributed by atoms with Crippen molar-refractivity contribution in [1.82, 2.24) is 4.57 Å². The van der Waals surface area contributed by atoms with E-state index in [2.05, 4.69) is 0 Å². The average Bonchev–Trinajstić information content (AvgIpc) is 3.23. The number of hydrogen-bond donors (Lipinski definition) is 1.